The summed E-state index contributed by atoms with van der Waals surface area (Å²) in [4.78, 5) is 12.4. The fourth-order valence-electron chi connectivity index (χ4n) is 3.02. The molecule has 0 saturated heterocycles. The number of hydrogen-bond acceptors (Lipinski definition) is 4. The molecule has 0 atom stereocenters. The first-order valence-corrected chi connectivity index (χ1v) is 9.88. The SMILES string of the molecule is O=C(Nc1cccc(CNc2cn(Cc3ccccc3)nn2)c1)c1ccccc1Cl. The first-order valence-electron chi connectivity index (χ1n) is 9.50. The van der Waals surface area contributed by atoms with Crippen LogP contribution in [0.5, 0.6) is 0 Å². The van der Waals surface area contributed by atoms with Crippen LogP contribution in [0, 0.1) is 0 Å². The van der Waals surface area contributed by atoms with Gasteiger partial charge in [-0.05, 0) is 35.4 Å². The molecule has 0 aliphatic carbocycles. The molecule has 150 valence electrons. The molecule has 30 heavy (non-hydrogen) atoms. The van der Waals surface area contributed by atoms with Gasteiger partial charge in [-0.15, -0.1) is 5.10 Å². The summed E-state index contributed by atoms with van der Waals surface area (Å²) < 4.78 is 1.79. The molecule has 0 aliphatic rings. The Balaban J connectivity index is 1.36. The molecular formula is C23H20ClN5O. The van der Waals surface area contributed by atoms with Gasteiger partial charge in [0.1, 0.15) is 0 Å². The predicted octanol–water partition coefficient (Wildman–Crippen LogP) is 4.84. The van der Waals surface area contributed by atoms with Gasteiger partial charge in [-0.3, -0.25) is 4.79 Å². The quantitative estimate of drug-likeness (QED) is 0.451. The highest BCUT2D eigenvalue weighted by atomic mass is 35.5. The third kappa shape index (κ3) is 5.04. The third-order valence-electron chi connectivity index (χ3n) is 4.50. The number of nitrogens with zero attached hydrogens (tertiary/aromatic N) is 3. The van der Waals surface area contributed by atoms with E-state index in [9.17, 15) is 4.79 Å². The lowest BCUT2D eigenvalue weighted by molar-refractivity contribution is 0.102. The van der Waals surface area contributed by atoms with Crippen molar-refractivity contribution in [3.05, 3.63) is 107 Å². The van der Waals surface area contributed by atoms with E-state index in [2.05, 4.69) is 33.1 Å². The third-order valence-corrected chi connectivity index (χ3v) is 4.83. The Labute approximate surface area is 179 Å². The number of amides is 1. The first-order chi connectivity index (χ1) is 14.7. The molecule has 7 heteroatoms. The molecule has 3 aromatic carbocycles. The average Bonchev–Trinajstić information content (AvgIpc) is 3.21. The van der Waals surface area contributed by atoms with Crippen molar-refractivity contribution < 1.29 is 4.79 Å². The minimum Gasteiger partial charge on any atom is -0.363 e. The second kappa shape index (κ2) is 9.24. The predicted molar refractivity (Wildman–Crippen MR) is 119 cm³/mol. The summed E-state index contributed by atoms with van der Waals surface area (Å²) in [6.07, 6.45) is 1.87. The molecule has 0 bridgehead atoms. The maximum Gasteiger partial charge on any atom is 0.257 e. The Morgan fingerprint density at radius 1 is 0.933 bits per heavy atom. The first kappa shape index (κ1) is 19.7. The molecular weight excluding hydrogens is 398 g/mol. The number of carbonyl (C=O) groups is 1. The van der Waals surface area contributed by atoms with Gasteiger partial charge < -0.3 is 10.6 Å². The van der Waals surface area contributed by atoms with E-state index < -0.39 is 0 Å². The lowest BCUT2D eigenvalue weighted by Gasteiger charge is -2.09. The van der Waals surface area contributed by atoms with Crippen molar-refractivity contribution in [1.82, 2.24) is 15.0 Å². The molecule has 0 aliphatic heterocycles. The van der Waals surface area contributed by atoms with Crippen LogP contribution in [-0.4, -0.2) is 20.9 Å². The van der Waals surface area contributed by atoms with E-state index in [1.165, 1.54) is 0 Å². The molecule has 0 fully saturated rings. The molecule has 4 aromatic rings. The van der Waals surface area contributed by atoms with Crippen LogP contribution in [0.15, 0.2) is 85.1 Å². The van der Waals surface area contributed by atoms with Crippen LogP contribution in [0.4, 0.5) is 11.5 Å². The van der Waals surface area contributed by atoms with Crippen molar-refractivity contribution in [2.75, 3.05) is 10.6 Å². The van der Waals surface area contributed by atoms with Crippen LogP contribution in [0.25, 0.3) is 0 Å². The molecule has 0 radical (unpaired) electrons. The number of anilines is 2. The number of halogens is 1. The van der Waals surface area contributed by atoms with Gasteiger partial charge in [0, 0.05) is 12.2 Å². The molecule has 4 rings (SSSR count). The van der Waals surface area contributed by atoms with Crippen LogP contribution in [0.3, 0.4) is 0 Å². The van der Waals surface area contributed by atoms with Gasteiger partial charge in [0.15, 0.2) is 5.82 Å². The number of benzene rings is 3. The van der Waals surface area contributed by atoms with Gasteiger partial charge in [-0.25, -0.2) is 4.68 Å². The summed E-state index contributed by atoms with van der Waals surface area (Å²) in [6.45, 7) is 1.22. The summed E-state index contributed by atoms with van der Waals surface area (Å²) in [5, 5.41) is 14.9. The zero-order valence-electron chi connectivity index (χ0n) is 16.1. The van der Waals surface area contributed by atoms with Crippen molar-refractivity contribution in [3.8, 4) is 0 Å². The molecule has 6 nitrogen and oxygen atoms in total. The summed E-state index contributed by atoms with van der Waals surface area (Å²) in [5.74, 6) is 0.450. The Hall–Kier alpha value is -3.64. The Kier molecular flexibility index (Phi) is 6.06. The van der Waals surface area contributed by atoms with Crippen molar-refractivity contribution >= 4 is 29.0 Å². The monoisotopic (exact) mass is 417 g/mol. The Bertz CT molecular complexity index is 1140. The van der Waals surface area contributed by atoms with Crippen molar-refractivity contribution in [2.24, 2.45) is 0 Å². The Morgan fingerprint density at radius 3 is 2.53 bits per heavy atom. The molecule has 0 unspecified atom stereocenters. The van der Waals surface area contributed by atoms with E-state index in [0.717, 1.165) is 11.1 Å². The highest BCUT2D eigenvalue weighted by molar-refractivity contribution is 6.34. The van der Waals surface area contributed by atoms with Crippen LogP contribution in [0.2, 0.25) is 5.02 Å². The summed E-state index contributed by atoms with van der Waals surface area (Å²) >= 11 is 6.10. The van der Waals surface area contributed by atoms with E-state index in [1.807, 2.05) is 48.7 Å². The smallest absolute Gasteiger partial charge is 0.257 e. The Morgan fingerprint density at radius 2 is 1.70 bits per heavy atom. The lowest BCUT2D eigenvalue weighted by atomic mass is 10.1. The summed E-state index contributed by atoms with van der Waals surface area (Å²) in [6, 6.07) is 24.7. The topological polar surface area (TPSA) is 71.8 Å². The highest BCUT2D eigenvalue weighted by Crippen LogP contribution is 2.18. The standard InChI is InChI=1S/C23H20ClN5O/c24-21-12-5-4-11-20(21)23(30)26-19-10-6-9-18(13-19)14-25-22-16-29(28-27-22)15-17-7-2-1-3-8-17/h1-13,16,25H,14-15H2,(H,26,30). The van der Waals surface area contributed by atoms with Crippen LogP contribution >= 0.6 is 11.6 Å². The zero-order valence-corrected chi connectivity index (χ0v) is 16.9. The number of nitrogens with one attached hydrogen (secondary N) is 2. The maximum absolute atomic E-state index is 12.4. The second-order valence-electron chi connectivity index (χ2n) is 6.77. The second-order valence-corrected chi connectivity index (χ2v) is 7.18. The summed E-state index contributed by atoms with van der Waals surface area (Å²) in [7, 11) is 0. The maximum atomic E-state index is 12.4. The van der Waals surface area contributed by atoms with Crippen LogP contribution in [0.1, 0.15) is 21.5 Å². The normalized spacial score (nSPS) is 10.6. The molecule has 2 N–H and O–H groups in total. The number of rotatable bonds is 7. The largest absolute Gasteiger partial charge is 0.363 e. The van der Waals surface area contributed by atoms with Crippen molar-refractivity contribution in [2.45, 2.75) is 13.1 Å². The highest BCUT2D eigenvalue weighted by Gasteiger charge is 2.10. The number of carbonyl (C=O) groups excluding carboxylic acids is 1. The van der Waals surface area contributed by atoms with Gasteiger partial charge in [0.2, 0.25) is 0 Å². The fourth-order valence-corrected chi connectivity index (χ4v) is 3.24. The molecule has 1 aromatic heterocycles. The average molecular weight is 418 g/mol. The van der Waals surface area contributed by atoms with Crippen molar-refractivity contribution in [1.29, 1.82) is 0 Å². The van der Waals surface area contributed by atoms with Gasteiger partial charge in [0.25, 0.3) is 5.91 Å². The van der Waals surface area contributed by atoms with E-state index >= 15 is 0 Å². The minimum absolute atomic E-state index is 0.241. The molecule has 1 amide bonds. The van der Waals surface area contributed by atoms with Crippen LogP contribution < -0.4 is 10.6 Å². The van der Waals surface area contributed by atoms with Crippen molar-refractivity contribution in [3.63, 3.8) is 0 Å². The lowest BCUT2D eigenvalue weighted by Crippen LogP contribution is -2.12. The van der Waals surface area contributed by atoms with Gasteiger partial charge >= 0.3 is 0 Å². The minimum atomic E-state index is -0.241. The van der Waals surface area contributed by atoms with Gasteiger partial charge in [-0.2, -0.15) is 0 Å². The van der Waals surface area contributed by atoms with E-state index in [4.69, 9.17) is 11.6 Å². The summed E-state index contributed by atoms with van der Waals surface area (Å²) in [5.41, 5.74) is 3.31. The van der Waals surface area contributed by atoms with Crippen LogP contribution in [-0.2, 0) is 13.1 Å². The number of hydrogen-bond donors (Lipinski definition) is 2. The molecule has 0 spiro atoms. The fraction of sp³-hybridized carbons (Fsp3) is 0.0870. The van der Waals surface area contributed by atoms with Gasteiger partial charge in [0.05, 0.1) is 23.3 Å². The molecule has 1 heterocycles. The van der Waals surface area contributed by atoms with Gasteiger partial charge in [-0.1, -0.05) is 71.4 Å². The zero-order chi connectivity index (χ0) is 20.8. The van der Waals surface area contributed by atoms with E-state index in [-0.39, 0.29) is 5.91 Å². The number of aromatic nitrogens is 3. The molecule has 0 saturated carbocycles. The van der Waals surface area contributed by atoms with E-state index in [0.29, 0.717) is 35.2 Å². The van der Waals surface area contributed by atoms with E-state index in [1.54, 1.807) is 28.9 Å².